The van der Waals surface area contributed by atoms with E-state index in [1.165, 1.54) is 4.90 Å². The lowest BCUT2D eigenvalue weighted by Gasteiger charge is -2.32. The summed E-state index contributed by atoms with van der Waals surface area (Å²) in [5, 5.41) is 8.98. The molecule has 1 amide bonds. The lowest BCUT2D eigenvalue weighted by molar-refractivity contribution is 0.000372. The van der Waals surface area contributed by atoms with Crippen LogP contribution in [-0.4, -0.2) is 53.6 Å². The number of amides is 1. The smallest absolute Gasteiger partial charge is 0.465 e. The number of rotatable bonds is 4. The van der Waals surface area contributed by atoms with Crippen molar-refractivity contribution in [3.05, 3.63) is 29.8 Å². The Kier molecular flexibility index (Phi) is 5.33. The largest absolute Gasteiger partial charge is 0.494 e. The Morgan fingerprint density at radius 2 is 1.69 bits per heavy atom. The number of benzene rings is 1. The molecule has 1 aromatic rings. The van der Waals surface area contributed by atoms with Gasteiger partial charge in [-0.2, -0.15) is 0 Å². The van der Waals surface area contributed by atoms with Crippen LogP contribution in [0.25, 0.3) is 0 Å². The first kappa shape index (κ1) is 19.2. The van der Waals surface area contributed by atoms with Crippen molar-refractivity contribution in [2.75, 3.05) is 13.1 Å². The fourth-order valence-electron chi connectivity index (χ4n) is 3.18. The molecule has 0 bridgehead atoms. The molecule has 26 heavy (non-hydrogen) atoms. The second-order valence-corrected chi connectivity index (χ2v) is 8.11. The molecule has 0 atom stereocenters. The number of hydrogen-bond donors (Lipinski definition) is 1. The monoisotopic (exact) mass is 361 g/mol. The van der Waals surface area contributed by atoms with Crippen LogP contribution in [0.15, 0.2) is 24.3 Å². The number of ether oxygens (including phenoxy) is 1. The van der Waals surface area contributed by atoms with Crippen LogP contribution >= 0.6 is 0 Å². The standard InChI is InChI=1S/C19H28BNO5/c1-18(2)19(3,4)26-20(25-18)15-7-5-14(6-8-15)13-24-16-9-11-21(12-10-16)17(22)23/h5-8,16H,9-13H2,1-4H3,(H,22,23). The van der Waals surface area contributed by atoms with Gasteiger partial charge in [-0.3, -0.25) is 0 Å². The van der Waals surface area contributed by atoms with E-state index in [2.05, 4.69) is 0 Å². The number of nitrogens with zero attached hydrogens (tertiary/aromatic N) is 1. The number of piperidine rings is 1. The molecule has 2 aliphatic rings. The van der Waals surface area contributed by atoms with E-state index in [9.17, 15) is 4.79 Å². The fourth-order valence-corrected chi connectivity index (χ4v) is 3.18. The summed E-state index contributed by atoms with van der Waals surface area (Å²) < 4.78 is 18.1. The lowest BCUT2D eigenvalue weighted by Crippen LogP contribution is -2.41. The van der Waals surface area contributed by atoms with Crippen LogP contribution in [0.1, 0.15) is 46.1 Å². The quantitative estimate of drug-likeness (QED) is 0.835. The first-order chi connectivity index (χ1) is 12.2. The zero-order valence-electron chi connectivity index (χ0n) is 16.0. The maximum absolute atomic E-state index is 10.9. The summed E-state index contributed by atoms with van der Waals surface area (Å²) in [6, 6.07) is 8.11. The minimum absolute atomic E-state index is 0.119. The van der Waals surface area contributed by atoms with Crippen LogP contribution in [0, 0.1) is 0 Å². The van der Waals surface area contributed by atoms with Gasteiger partial charge in [0.05, 0.1) is 23.9 Å². The molecule has 1 aromatic carbocycles. The summed E-state index contributed by atoms with van der Waals surface area (Å²) in [6.45, 7) is 9.80. The van der Waals surface area contributed by atoms with Gasteiger partial charge in [0.15, 0.2) is 0 Å². The summed E-state index contributed by atoms with van der Waals surface area (Å²) in [5.41, 5.74) is 1.40. The molecule has 0 aliphatic carbocycles. The third-order valence-electron chi connectivity index (χ3n) is 5.70. The highest BCUT2D eigenvalue weighted by molar-refractivity contribution is 6.62. The van der Waals surface area contributed by atoms with Crippen molar-refractivity contribution in [2.45, 2.75) is 64.4 Å². The van der Waals surface area contributed by atoms with Gasteiger partial charge >= 0.3 is 13.2 Å². The first-order valence-electron chi connectivity index (χ1n) is 9.22. The molecule has 142 valence electrons. The molecular formula is C19H28BNO5. The zero-order valence-corrected chi connectivity index (χ0v) is 16.0. The Balaban J connectivity index is 1.51. The Labute approximate surface area is 155 Å². The molecule has 7 heteroatoms. The van der Waals surface area contributed by atoms with Gasteiger partial charge in [-0.1, -0.05) is 24.3 Å². The van der Waals surface area contributed by atoms with Crippen molar-refractivity contribution in [2.24, 2.45) is 0 Å². The number of carboxylic acid groups (broad SMARTS) is 1. The average Bonchev–Trinajstić information content (AvgIpc) is 2.81. The second kappa shape index (κ2) is 7.21. The molecular weight excluding hydrogens is 333 g/mol. The average molecular weight is 361 g/mol. The summed E-state index contributed by atoms with van der Waals surface area (Å²) in [7, 11) is -0.352. The third-order valence-corrected chi connectivity index (χ3v) is 5.70. The van der Waals surface area contributed by atoms with Crippen molar-refractivity contribution in [1.82, 2.24) is 4.90 Å². The van der Waals surface area contributed by atoms with Crippen molar-refractivity contribution in [3.63, 3.8) is 0 Å². The van der Waals surface area contributed by atoms with Gasteiger partial charge < -0.3 is 24.1 Å². The van der Waals surface area contributed by atoms with Gasteiger partial charge in [0.25, 0.3) is 0 Å². The molecule has 0 spiro atoms. The minimum Gasteiger partial charge on any atom is -0.465 e. The van der Waals surface area contributed by atoms with Crippen LogP contribution < -0.4 is 5.46 Å². The molecule has 0 unspecified atom stereocenters. The fraction of sp³-hybridized carbons (Fsp3) is 0.632. The molecule has 2 fully saturated rings. The predicted octanol–water partition coefficient (Wildman–Crippen LogP) is 2.64. The highest BCUT2D eigenvalue weighted by Crippen LogP contribution is 2.36. The van der Waals surface area contributed by atoms with Crippen LogP contribution in [0.5, 0.6) is 0 Å². The van der Waals surface area contributed by atoms with Gasteiger partial charge in [-0.15, -0.1) is 0 Å². The number of carbonyl (C=O) groups is 1. The minimum atomic E-state index is -0.846. The van der Waals surface area contributed by atoms with E-state index in [4.69, 9.17) is 19.2 Å². The van der Waals surface area contributed by atoms with Crippen molar-refractivity contribution in [3.8, 4) is 0 Å². The van der Waals surface area contributed by atoms with Crippen LogP contribution in [0.4, 0.5) is 4.79 Å². The van der Waals surface area contributed by atoms with Crippen LogP contribution in [-0.2, 0) is 20.7 Å². The lowest BCUT2D eigenvalue weighted by atomic mass is 9.79. The van der Waals surface area contributed by atoms with Crippen LogP contribution in [0.3, 0.4) is 0 Å². The van der Waals surface area contributed by atoms with E-state index in [0.29, 0.717) is 19.7 Å². The van der Waals surface area contributed by atoms with E-state index in [0.717, 1.165) is 23.9 Å². The topological polar surface area (TPSA) is 68.2 Å². The molecule has 2 heterocycles. The summed E-state index contributed by atoms with van der Waals surface area (Å²) in [5.74, 6) is 0. The molecule has 3 rings (SSSR count). The highest BCUT2D eigenvalue weighted by atomic mass is 16.7. The number of hydrogen-bond acceptors (Lipinski definition) is 4. The molecule has 0 aromatic heterocycles. The normalized spacial score (nSPS) is 22.6. The van der Waals surface area contributed by atoms with Gasteiger partial charge in [-0.25, -0.2) is 4.79 Å². The van der Waals surface area contributed by atoms with E-state index < -0.39 is 6.09 Å². The number of likely N-dealkylation sites (tertiary alicyclic amines) is 1. The molecule has 0 radical (unpaired) electrons. The maximum atomic E-state index is 10.9. The highest BCUT2D eigenvalue weighted by Gasteiger charge is 2.51. The second-order valence-electron chi connectivity index (χ2n) is 8.11. The Bertz CT molecular complexity index is 622. The molecule has 1 N–H and O–H groups in total. The Morgan fingerprint density at radius 3 is 2.19 bits per heavy atom. The van der Waals surface area contributed by atoms with E-state index in [-0.39, 0.29) is 24.4 Å². The first-order valence-corrected chi connectivity index (χ1v) is 9.22. The zero-order chi connectivity index (χ0) is 18.9. The van der Waals surface area contributed by atoms with Crippen LogP contribution in [0.2, 0.25) is 0 Å². The molecule has 2 saturated heterocycles. The van der Waals surface area contributed by atoms with Gasteiger partial charge in [0.1, 0.15) is 0 Å². The maximum Gasteiger partial charge on any atom is 0.494 e. The van der Waals surface area contributed by atoms with E-state index in [1.54, 1.807) is 0 Å². The van der Waals surface area contributed by atoms with Gasteiger partial charge in [0.2, 0.25) is 0 Å². The molecule has 2 aliphatic heterocycles. The van der Waals surface area contributed by atoms with Gasteiger partial charge in [-0.05, 0) is 51.6 Å². The molecule has 6 nitrogen and oxygen atoms in total. The van der Waals surface area contributed by atoms with Crippen molar-refractivity contribution < 1.29 is 23.9 Å². The van der Waals surface area contributed by atoms with E-state index in [1.807, 2.05) is 52.0 Å². The van der Waals surface area contributed by atoms with Crippen molar-refractivity contribution in [1.29, 1.82) is 0 Å². The Hall–Kier alpha value is -1.57. The van der Waals surface area contributed by atoms with Crippen molar-refractivity contribution >= 4 is 18.7 Å². The summed E-state index contributed by atoms with van der Waals surface area (Å²) in [4.78, 5) is 12.4. The Morgan fingerprint density at radius 1 is 1.15 bits per heavy atom. The van der Waals surface area contributed by atoms with Gasteiger partial charge in [0, 0.05) is 13.1 Å². The summed E-state index contributed by atoms with van der Waals surface area (Å²) >= 11 is 0. The van der Waals surface area contributed by atoms with E-state index >= 15 is 0 Å². The SMILES string of the molecule is CC1(C)OB(c2ccc(COC3CCN(C(=O)O)CC3)cc2)OC1(C)C. The predicted molar refractivity (Wildman–Crippen MR) is 99.6 cm³/mol. The third kappa shape index (κ3) is 4.05. The molecule has 0 saturated carbocycles. The summed E-state index contributed by atoms with van der Waals surface area (Å²) in [6.07, 6.45) is 0.770.